The number of amides is 1. The molecule has 0 unspecified atom stereocenters. The van der Waals surface area contributed by atoms with Crippen molar-refractivity contribution < 1.29 is 4.79 Å². The average Bonchev–Trinajstić information content (AvgIpc) is 3.13. The molecular formula is C22H31IN4OS. The van der Waals surface area contributed by atoms with E-state index in [-0.39, 0.29) is 29.9 Å². The lowest BCUT2D eigenvalue weighted by molar-refractivity contribution is -0.132. The SMILES string of the molecule is CCNC(=NCc1ccc(C)s1)NCCCC(=O)N1CCc2ccccc2C1.I. The van der Waals surface area contributed by atoms with Crippen LogP contribution in [0.5, 0.6) is 0 Å². The second-order valence-electron chi connectivity index (χ2n) is 7.07. The fourth-order valence-electron chi connectivity index (χ4n) is 3.38. The number of thiophene rings is 1. The topological polar surface area (TPSA) is 56.7 Å². The van der Waals surface area contributed by atoms with Crippen molar-refractivity contribution in [2.75, 3.05) is 19.6 Å². The second kappa shape index (κ2) is 12.2. The molecule has 0 fully saturated rings. The van der Waals surface area contributed by atoms with Crippen molar-refractivity contribution in [2.24, 2.45) is 4.99 Å². The molecule has 0 atom stereocenters. The average molecular weight is 526 g/mol. The Balaban J connectivity index is 0.00000300. The molecular weight excluding hydrogens is 495 g/mol. The van der Waals surface area contributed by atoms with Gasteiger partial charge in [-0.2, -0.15) is 0 Å². The highest BCUT2D eigenvalue weighted by Gasteiger charge is 2.19. The van der Waals surface area contributed by atoms with Gasteiger partial charge in [0.15, 0.2) is 5.96 Å². The first-order valence-corrected chi connectivity index (χ1v) is 10.9. The number of halogens is 1. The first-order chi connectivity index (χ1) is 13.7. The van der Waals surface area contributed by atoms with Gasteiger partial charge in [0.2, 0.25) is 5.91 Å². The van der Waals surface area contributed by atoms with Crippen molar-refractivity contribution in [3.05, 3.63) is 57.3 Å². The number of guanidine groups is 1. The predicted octanol–water partition coefficient (Wildman–Crippen LogP) is 4.09. The van der Waals surface area contributed by atoms with Crippen LogP contribution in [0.3, 0.4) is 0 Å². The van der Waals surface area contributed by atoms with Crippen LogP contribution in [0, 0.1) is 6.92 Å². The molecule has 3 rings (SSSR count). The van der Waals surface area contributed by atoms with Gasteiger partial charge in [0.25, 0.3) is 0 Å². The Labute approximate surface area is 195 Å². The Hall–Kier alpha value is -1.61. The highest BCUT2D eigenvalue weighted by molar-refractivity contribution is 14.0. The van der Waals surface area contributed by atoms with Gasteiger partial charge in [0.05, 0.1) is 6.54 Å². The zero-order valence-electron chi connectivity index (χ0n) is 17.2. The number of hydrogen-bond acceptors (Lipinski definition) is 3. The van der Waals surface area contributed by atoms with Gasteiger partial charge in [0, 0.05) is 42.4 Å². The van der Waals surface area contributed by atoms with Crippen molar-refractivity contribution in [1.82, 2.24) is 15.5 Å². The van der Waals surface area contributed by atoms with E-state index in [1.165, 1.54) is 20.9 Å². The number of aliphatic imine (C=N–C) groups is 1. The smallest absolute Gasteiger partial charge is 0.222 e. The van der Waals surface area contributed by atoms with Crippen LogP contribution in [-0.2, 0) is 24.3 Å². The maximum atomic E-state index is 12.5. The number of hydrogen-bond donors (Lipinski definition) is 2. The summed E-state index contributed by atoms with van der Waals surface area (Å²) in [6, 6.07) is 12.7. The summed E-state index contributed by atoms with van der Waals surface area (Å²) in [5, 5.41) is 6.61. The van der Waals surface area contributed by atoms with E-state index >= 15 is 0 Å². The van der Waals surface area contributed by atoms with E-state index < -0.39 is 0 Å². The Morgan fingerprint density at radius 2 is 1.97 bits per heavy atom. The summed E-state index contributed by atoms with van der Waals surface area (Å²) >= 11 is 1.78. The summed E-state index contributed by atoms with van der Waals surface area (Å²) in [5.74, 6) is 1.06. The first kappa shape index (κ1) is 23.7. The molecule has 1 aliphatic rings. The molecule has 7 heteroatoms. The predicted molar refractivity (Wildman–Crippen MR) is 132 cm³/mol. The van der Waals surface area contributed by atoms with Crippen LogP contribution in [0.2, 0.25) is 0 Å². The number of rotatable bonds is 7. The molecule has 158 valence electrons. The van der Waals surface area contributed by atoms with Crippen molar-refractivity contribution in [2.45, 2.75) is 46.2 Å². The van der Waals surface area contributed by atoms with Crippen molar-refractivity contribution in [3.63, 3.8) is 0 Å². The van der Waals surface area contributed by atoms with Crippen molar-refractivity contribution >= 4 is 47.2 Å². The van der Waals surface area contributed by atoms with Gasteiger partial charge in [-0.1, -0.05) is 24.3 Å². The summed E-state index contributed by atoms with van der Waals surface area (Å²) in [4.78, 5) is 21.7. The maximum Gasteiger partial charge on any atom is 0.222 e. The highest BCUT2D eigenvalue weighted by atomic mass is 127. The van der Waals surface area contributed by atoms with E-state index in [1.54, 1.807) is 11.3 Å². The number of carbonyl (C=O) groups is 1. The number of aryl methyl sites for hydroxylation is 1. The molecule has 2 heterocycles. The van der Waals surface area contributed by atoms with Gasteiger partial charge in [-0.25, -0.2) is 4.99 Å². The third kappa shape index (κ3) is 7.29. The van der Waals surface area contributed by atoms with Crippen molar-refractivity contribution in [1.29, 1.82) is 0 Å². The maximum absolute atomic E-state index is 12.5. The van der Waals surface area contributed by atoms with Gasteiger partial charge in [-0.05, 0) is 49.9 Å². The Bertz CT molecular complexity index is 821. The fraction of sp³-hybridized carbons (Fsp3) is 0.455. The van der Waals surface area contributed by atoms with Crippen LogP contribution in [0.15, 0.2) is 41.4 Å². The van der Waals surface area contributed by atoms with E-state index in [1.807, 2.05) is 4.90 Å². The first-order valence-electron chi connectivity index (χ1n) is 10.1. The molecule has 2 aromatic rings. The Morgan fingerprint density at radius 3 is 2.69 bits per heavy atom. The summed E-state index contributed by atoms with van der Waals surface area (Å²) < 4.78 is 0. The lowest BCUT2D eigenvalue weighted by Crippen LogP contribution is -2.39. The van der Waals surface area contributed by atoms with Crippen LogP contribution in [-0.4, -0.2) is 36.4 Å². The molecule has 2 N–H and O–H groups in total. The van der Waals surface area contributed by atoms with Gasteiger partial charge in [-0.15, -0.1) is 35.3 Å². The van der Waals surface area contributed by atoms with Crippen LogP contribution in [0.1, 0.15) is 40.6 Å². The highest BCUT2D eigenvalue weighted by Crippen LogP contribution is 2.19. The van der Waals surface area contributed by atoms with Crippen molar-refractivity contribution in [3.8, 4) is 0 Å². The molecule has 1 aliphatic heterocycles. The van der Waals surface area contributed by atoms with E-state index in [2.05, 4.69) is 65.9 Å². The van der Waals surface area contributed by atoms with Gasteiger partial charge >= 0.3 is 0 Å². The molecule has 1 amide bonds. The van der Waals surface area contributed by atoms with Crippen LogP contribution >= 0.6 is 35.3 Å². The summed E-state index contributed by atoms with van der Waals surface area (Å²) in [7, 11) is 0. The van der Waals surface area contributed by atoms with Crippen LogP contribution in [0.4, 0.5) is 0 Å². The quantitative estimate of drug-likeness (QED) is 0.247. The Morgan fingerprint density at radius 1 is 1.17 bits per heavy atom. The number of benzene rings is 1. The number of nitrogens with one attached hydrogen (secondary N) is 2. The number of nitrogens with zero attached hydrogens (tertiary/aromatic N) is 2. The third-order valence-electron chi connectivity index (χ3n) is 4.88. The molecule has 0 spiro atoms. The molecule has 29 heavy (non-hydrogen) atoms. The molecule has 0 aliphatic carbocycles. The summed E-state index contributed by atoms with van der Waals surface area (Å²) in [6.45, 7) is 7.98. The molecule has 0 radical (unpaired) electrons. The van der Waals surface area contributed by atoms with Gasteiger partial charge in [-0.3, -0.25) is 4.79 Å². The minimum atomic E-state index is 0. The summed E-state index contributed by atoms with van der Waals surface area (Å²) in [6.07, 6.45) is 2.33. The lowest BCUT2D eigenvalue weighted by Gasteiger charge is -2.29. The largest absolute Gasteiger partial charge is 0.357 e. The van der Waals surface area contributed by atoms with E-state index in [0.717, 1.165) is 45.0 Å². The molecule has 0 saturated heterocycles. The summed E-state index contributed by atoms with van der Waals surface area (Å²) in [5.41, 5.74) is 2.66. The third-order valence-corrected chi connectivity index (χ3v) is 5.86. The second-order valence-corrected chi connectivity index (χ2v) is 8.44. The number of fused-ring (bicyclic) bond motifs is 1. The zero-order valence-corrected chi connectivity index (χ0v) is 20.4. The standard InChI is InChI=1S/C22H30N4OS.HI/c1-3-23-22(25-15-20-11-10-17(2)28-20)24-13-6-9-21(27)26-14-12-18-7-4-5-8-19(18)16-26;/h4-5,7-8,10-11H,3,6,9,12-16H2,1-2H3,(H2,23,24,25);1H. The number of carbonyl (C=O) groups excluding carboxylic acids is 1. The van der Waals surface area contributed by atoms with E-state index in [4.69, 9.17) is 0 Å². The van der Waals surface area contributed by atoms with Gasteiger partial charge in [0.1, 0.15) is 0 Å². The van der Waals surface area contributed by atoms with Crippen LogP contribution < -0.4 is 10.6 Å². The van der Waals surface area contributed by atoms with Crippen LogP contribution in [0.25, 0.3) is 0 Å². The van der Waals surface area contributed by atoms with E-state index in [0.29, 0.717) is 13.0 Å². The minimum absolute atomic E-state index is 0. The fourth-order valence-corrected chi connectivity index (χ4v) is 4.20. The monoisotopic (exact) mass is 526 g/mol. The van der Waals surface area contributed by atoms with Gasteiger partial charge < -0.3 is 15.5 Å². The molecule has 0 bridgehead atoms. The molecule has 0 saturated carbocycles. The molecule has 5 nitrogen and oxygen atoms in total. The minimum Gasteiger partial charge on any atom is -0.357 e. The lowest BCUT2D eigenvalue weighted by atomic mass is 9.99. The zero-order chi connectivity index (χ0) is 19.8. The molecule has 1 aromatic heterocycles. The van der Waals surface area contributed by atoms with E-state index in [9.17, 15) is 4.79 Å². The Kier molecular flexibility index (Phi) is 9.93. The normalized spacial score (nSPS) is 13.4. The molecule has 1 aromatic carbocycles.